The molecule has 0 radical (unpaired) electrons. The van der Waals surface area contributed by atoms with Gasteiger partial charge in [-0.2, -0.15) is 0 Å². The topological polar surface area (TPSA) is 98.2 Å². The molecular formula is C22H23N5O3. The number of benzene rings is 1. The highest BCUT2D eigenvalue weighted by atomic mass is 16.4. The van der Waals surface area contributed by atoms with Crippen molar-refractivity contribution in [3.05, 3.63) is 68.6 Å². The molecule has 0 amide bonds. The highest BCUT2D eigenvalue weighted by Gasteiger charge is 2.18. The van der Waals surface area contributed by atoms with E-state index >= 15 is 0 Å². The molecule has 8 nitrogen and oxygen atoms in total. The Morgan fingerprint density at radius 3 is 2.67 bits per heavy atom. The number of nitrogens with one attached hydrogen (secondary N) is 2. The van der Waals surface area contributed by atoms with Gasteiger partial charge in [0.15, 0.2) is 5.58 Å². The molecule has 154 valence electrons. The van der Waals surface area contributed by atoms with Gasteiger partial charge in [-0.05, 0) is 42.3 Å². The molecule has 0 aliphatic carbocycles. The molecule has 4 heterocycles. The lowest BCUT2D eigenvalue weighted by Gasteiger charge is -2.36. The van der Waals surface area contributed by atoms with Gasteiger partial charge in [0.1, 0.15) is 0 Å². The van der Waals surface area contributed by atoms with Crippen LogP contribution in [-0.2, 0) is 13.0 Å². The SMILES string of the molecule is CCc1cc2ncc(CN3CCN(c4ccc5oc(=O)[nH]c5c4)CC3)cc2[nH]c1=O. The fourth-order valence-electron chi connectivity index (χ4n) is 4.08. The van der Waals surface area contributed by atoms with Crippen molar-refractivity contribution in [3.8, 4) is 0 Å². The lowest BCUT2D eigenvalue weighted by Crippen LogP contribution is -2.45. The maximum absolute atomic E-state index is 12.1. The number of aromatic nitrogens is 3. The average molecular weight is 405 g/mol. The monoisotopic (exact) mass is 405 g/mol. The van der Waals surface area contributed by atoms with Crippen LogP contribution in [0.2, 0.25) is 0 Å². The maximum Gasteiger partial charge on any atom is 0.417 e. The minimum absolute atomic E-state index is 0.0338. The summed E-state index contributed by atoms with van der Waals surface area (Å²) in [5.41, 5.74) is 5.82. The number of piperazine rings is 1. The first-order valence-corrected chi connectivity index (χ1v) is 10.2. The van der Waals surface area contributed by atoms with Crippen molar-refractivity contribution < 1.29 is 4.42 Å². The van der Waals surface area contributed by atoms with Crippen LogP contribution in [0.4, 0.5) is 5.69 Å². The molecule has 0 spiro atoms. The summed E-state index contributed by atoms with van der Waals surface area (Å²) >= 11 is 0. The largest absolute Gasteiger partial charge is 0.417 e. The summed E-state index contributed by atoms with van der Waals surface area (Å²) in [7, 11) is 0. The Labute approximate surface area is 172 Å². The number of oxazole rings is 1. The maximum atomic E-state index is 12.1. The number of fused-ring (bicyclic) bond motifs is 2. The van der Waals surface area contributed by atoms with Crippen LogP contribution in [0.5, 0.6) is 0 Å². The smallest absolute Gasteiger partial charge is 0.408 e. The third kappa shape index (κ3) is 3.50. The number of H-pyrrole nitrogens is 2. The van der Waals surface area contributed by atoms with Crippen LogP contribution < -0.4 is 16.2 Å². The Balaban J connectivity index is 1.27. The van der Waals surface area contributed by atoms with Crippen LogP contribution in [0, 0.1) is 0 Å². The molecule has 1 saturated heterocycles. The van der Waals surface area contributed by atoms with Gasteiger partial charge in [0.25, 0.3) is 5.56 Å². The van der Waals surface area contributed by atoms with E-state index in [-0.39, 0.29) is 5.56 Å². The number of pyridine rings is 2. The molecule has 0 atom stereocenters. The number of anilines is 1. The summed E-state index contributed by atoms with van der Waals surface area (Å²) in [4.78, 5) is 38.4. The van der Waals surface area contributed by atoms with E-state index in [2.05, 4.69) is 24.8 Å². The quantitative estimate of drug-likeness (QED) is 0.540. The molecular weight excluding hydrogens is 382 g/mol. The molecule has 8 heteroatoms. The van der Waals surface area contributed by atoms with Gasteiger partial charge in [-0.15, -0.1) is 0 Å². The minimum Gasteiger partial charge on any atom is -0.408 e. The van der Waals surface area contributed by atoms with Gasteiger partial charge < -0.3 is 14.3 Å². The molecule has 2 N–H and O–H groups in total. The van der Waals surface area contributed by atoms with Gasteiger partial charge in [-0.25, -0.2) is 4.79 Å². The fourth-order valence-corrected chi connectivity index (χ4v) is 4.08. The summed E-state index contributed by atoms with van der Waals surface area (Å²) in [6.07, 6.45) is 2.60. The zero-order chi connectivity index (χ0) is 20.7. The van der Waals surface area contributed by atoms with E-state index in [0.717, 1.165) is 66.1 Å². The molecule has 0 bridgehead atoms. The molecule has 3 aromatic heterocycles. The Bertz CT molecular complexity index is 1330. The summed E-state index contributed by atoms with van der Waals surface area (Å²) in [6.45, 7) is 6.39. The van der Waals surface area contributed by atoms with Crippen molar-refractivity contribution in [2.24, 2.45) is 0 Å². The first-order valence-electron chi connectivity index (χ1n) is 10.2. The summed E-state index contributed by atoms with van der Waals surface area (Å²) in [6, 6.07) is 9.69. The summed E-state index contributed by atoms with van der Waals surface area (Å²) < 4.78 is 5.08. The van der Waals surface area contributed by atoms with Crippen LogP contribution in [0.3, 0.4) is 0 Å². The normalized spacial score (nSPS) is 15.3. The van der Waals surface area contributed by atoms with Gasteiger partial charge in [0.05, 0.1) is 16.6 Å². The van der Waals surface area contributed by atoms with Crippen LogP contribution in [0.15, 0.2) is 50.5 Å². The highest BCUT2D eigenvalue weighted by molar-refractivity contribution is 5.77. The molecule has 0 unspecified atom stereocenters. The van der Waals surface area contributed by atoms with E-state index in [1.165, 1.54) is 0 Å². The van der Waals surface area contributed by atoms with Gasteiger partial charge in [-0.1, -0.05) is 6.92 Å². The van der Waals surface area contributed by atoms with Crippen molar-refractivity contribution in [2.75, 3.05) is 31.1 Å². The highest BCUT2D eigenvalue weighted by Crippen LogP contribution is 2.22. The van der Waals surface area contributed by atoms with Crippen LogP contribution in [0.25, 0.3) is 22.1 Å². The Morgan fingerprint density at radius 1 is 1.03 bits per heavy atom. The van der Waals surface area contributed by atoms with E-state index in [9.17, 15) is 9.59 Å². The van der Waals surface area contributed by atoms with Gasteiger partial charge in [0, 0.05) is 50.2 Å². The predicted octanol–water partition coefficient (Wildman–Crippen LogP) is 2.24. The molecule has 1 aromatic carbocycles. The Morgan fingerprint density at radius 2 is 1.87 bits per heavy atom. The van der Waals surface area contributed by atoms with Gasteiger partial charge >= 0.3 is 5.76 Å². The standard InChI is InChI=1S/C22H23N5O3/c1-2-15-10-17-18(24-21(15)28)9-14(12-23-17)13-26-5-7-27(8-6-26)16-3-4-20-19(11-16)25-22(29)30-20/h3-4,9-12H,2,5-8,13H2,1H3,(H,24,28)(H,25,29). The molecule has 30 heavy (non-hydrogen) atoms. The first-order chi connectivity index (χ1) is 14.6. The second kappa shape index (κ2) is 7.46. The Kier molecular flexibility index (Phi) is 4.63. The third-order valence-electron chi connectivity index (χ3n) is 5.75. The lowest BCUT2D eigenvalue weighted by atomic mass is 10.1. The number of nitrogens with zero attached hydrogens (tertiary/aromatic N) is 3. The number of rotatable bonds is 4. The van der Waals surface area contributed by atoms with E-state index in [1.54, 1.807) is 0 Å². The number of hydrogen-bond donors (Lipinski definition) is 2. The van der Waals surface area contributed by atoms with Crippen molar-refractivity contribution in [1.82, 2.24) is 19.9 Å². The average Bonchev–Trinajstić information content (AvgIpc) is 3.13. The van der Waals surface area contributed by atoms with E-state index in [0.29, 0.717) is 12.0 Å². The van der Waals surface area contributed by atoms with Crippen LogP contribution in [0.1, 0.15) is 18.1 Å². The summed E-state index contributed by atoms with van der Waals surface area (Å²) in [5.74, 6) is -0.428. The zero-order valence-electron chi connectivity index (χ0n) is 16.8. The van der Waals surface area contributed by atoms with E-state index in [1.807, 2.05) is 43.5 Å². The van der Waals surface area contributed by atoms with Crippen molar-refractivity contribution in [3.63, 3.8) is 0 Å². The number of hydrogen-bond acceptors (Lipinski definition) is 6. The molecule has 4 aromatic rings. The molecule has 0 saturated carbocycles. The molecule has 1 aliphatic heterocycles. The van der Waals surface area contributed by atoms with Crippen LogP contribution in [-0.4, -0.2) is 46.0 Å². The Hall–Kier alpha value is -3.39. The molecule has 5 rings (SSSR count). The van der Waals surface area contributed by atoms with Crippen molar-refractivity contribution in [1.29, 1.82) is 0 Å². The predicted molar refractivity (Wildman–Crippen MR) is 116 cm³/mol. The summed E-state index contributed by atoms with van der Waals surface area (Å²) in [5, 5.41) is 0. The van der Waals surface area contributed by atoms with Gasteiger partial charge in [0.2, 0.25) is 0 Å². The third-order valence-corrected chi connectivity index (χ3v) is 5.75. The second-order valence-electron chi connectivity index (χ2n) is 7.71. The number of aromatic amines is 2. The lowest BCUT2D eigenvalue weighted by molar-refractivity contribution is 0.250. The van der Waals surface area contributed by atoms with E-state index in [4.69, 9.17) is 4.42 Å². The van der Waals surface area contributed by atoms with Crippen LogP contribution >= 0.6 is 0 Å². The fraction of sp³-hybridized carbons (Fsp3) is 0.318. The molecule has 1 aliphatic rings. The molecule has 1 fully saturated rings. The van der Waals surface area contributed by atoms with E-state index < -0.39 is 5.76 Å². The number of aryl methyl sites for hydroxylation is 1. The zero-order valence-corrected chi connectivity index (χ0v) is 16.8. The second-order valence-corrected chi connectivity index (χ2v) is 7.71. The van der Waals surface area contributed by atoms with Crippen molar-refractivity contribution in [2.45, 2.75) is 19.9 Å². The minimum atomic E-state index is -0.428. The van der Waals surface area contributed by atoms with Crippen molar-refractivity contribution >= 4 is 27.8 Å². The first kappa shape index (κ1) is 18.6. The van der Waals surface area contributed by atoms with Gasteiger partial charge in [-0.3, -0.25) is 19.7 Å².